The van der Waals surface area contributed by atoms with Crippen LogP contribution in [0.4, 0.5) is 5.95 Å². The Morgan fingerprint density at radius 3 is 2.67 bits per heavy atom. The van der Waals surface area contributed by atoms with Gasteiger partial charge in [-0.3, -0.25) is 4.57 Å². The van der Waals surface area contributed by atoms with Crippen molar-refractivity contribution in [1.29, 1.82) is 0 Å². The molecule has 0 unspecified atom stereocenters. The van der Waals surface area contributed by atoms with Crippen molar-refractivity contribution in [1.82, 2.24) is 19.5 Å². The second kappa shape index (κ2) is 5.52. The quantitative estimate of drug-likeness (QED) is 0.797. The van der Waals surface area contributed by atoms with Crippen molar-refractivity contribution in [2.45, 2.75) is 27.2 Å². The lowest BCUT2D eigenvalue weighted by Gasteiger charge is -2.11. The summed E-state index contributed by atoms with van der Waals surface area (Å²) in [5.74, 6) is 1.54. The van der Waals surface area contributed by atoms with E-state index in [2.05, 4.69) is 34.1 Å². The highest BCUT2D eigenvalue weighted by Crippen LogP contribution is 2.22. The van der Waals surface area contributed by atoms with Gasteiger partial charge >= 0.3 is 0 Å². The van der Waals surface area contributed by atoms with E-state index in [4.69, 9.17) is 0 Å². The Hall–Kier alpha value is -2.43. The third-order valence-electron chi connectivity index (χ3n) is 3.60. The summed E-state index contributed by atoms with van der Waals surface area (Å²) in [6, 6.07) is 8.06. The Balaban J connectivity index is 2.21. The number of nitrogens with zero attached hydrogens (tertiary/aromatic N) is 4. The fourth-order valence-corrected chi connectivity index (χ4v) is 2.27. The highest BCUT2D eigenvalue weighted by molar-refractivity contribution is 5.86. The van der Waals surface area contributed by atoms with E-state index in [1.807, 2.05) is 42.1 Å². The Labute approximate surface area is 124 Å². The van der Waals surface area contributed by atoms with E-state index in [-0.39, 0.29) is 0 Å². The van der Waals surface area contributed by atoms with Gasteiger partial charge in [0, 0.05) is 17.6 Å². The molecule has 108 valence electrons. The number of fused-ring (bicyclic) bond motifs is 1. The zero-order valence-electron chi connectivity index (χ0n) is 12.6. The average Bonchev–Trinajstić information content (AvgIpc) is 2.84. The van der Waals surface area contributed by atoms with Gasteiger partial charge in [-0.1, -0.05) is 19.1 Å². The van der Waals surface area contributed by atoms with Crippen LogP contribution in [0.5, 0.6) is 0 Å². The van der Waals surface area contributed by atoms with E-state index in [1.165, 1.54) is 0 Å². The van der Waals surface area contributed by atoms with E-state index in [1.54, 1.807) is 0 Å². The number of benzene rings is 1. The molecular formula is C16H19N5. The standard InChI is InChI=1S/C16H19N5/c1-4-9-17-16-19-14-8-6-5-7-13(14)15(20-16)21-10-18-11(2)12(21)3/h5-8,10H,4,9H2,1-3H3,(H,17,19,20). The molecule has 0 aliphatic heterocycles. The second-order valence-electron chi connectivity index (χ2n) is 5.10. The van der Waals surface area contributed by atoms with Crippen LogP contribution in [0.2, 0.25) is 0 Å². The number of imidazole rings is 1. The fourth-order valence-electron chi connectivity index (χ4n) is 2.27. The molecule has 21 heavy (non-hydrogen) atoms. The monoisotopic (exact) mass is 281 g/mol. The van der Waals surface area contributed by atoms with Crippen molar-refractivity contribution in [3.05, 3.63) is 42.0 Å². The average molecular weight is 281 g/mol. The number of anilines is 1. The van der Waals surface area contributed by atoms with Crippen LogP contribution in [-0.4, -0.2) is 26.1 Å². The number of aryl methyl sites for hydroxylation is 1. The van der Waals surface area contributed by atoms with Crippen LogP contribution in [0.15, 0.2) is 30.6 Å². The van der Waals surface area contributed by atoms with E-state index in [9.17, 15) is 0 Å². The third-order valence-corrected chi connectivity index (χ3v) is 3.60. The summed E-state index contributed by atoms with van der Waals surface area (Å²) >= 11 is 0. The molecule has 0 aliphatic rings. The maximum absolute atomic E-state index is 4.68. The van der Waals surface area contributed by atoms with Gasteiger partial charge in [-0.2, -0.15) is 4.98 Å². The highest BCUT2D eigenvalue weighted by atomic mass is 15.2. The summed E-state index contributed by atoms with van der Waals surface area (Å²) in [6.45, 7) is 7.04. The highest BCUT2D eigenvalue weighted by Gasteiger charge is 2.12. The number of para-hydroxylation sites is 1. The smallest absolute Gasteiger partial charge is 0.225 e. The normalized spacial score (nSPS) is 11.0. The van der Waals surface area contributed by atoms with Gasteiger partial charge in [-0.05, 0) is 32.4 Å². The minimum atomic E-state index is 0.663. The van der Waals surface area contributed by atoms with Gasteiger partial charge in [-0.25, -0.2) is 9.97 Å². The third kappa shape index (κ3) is 2.46. The first-order valence-electron chi connectivity index (χ1n) is 7.22. The topological polar surface area (TPSA) is 55.6 Å². The molecule has 5 heteroatoms. The van der Waals surface area contributed by atoms with Crippen LogP contribution < -0.4 is 5.32 Å². The van der Waals surface area contributed by atoms with E-state index < -0.39 is 0 Å². The molecule has 0 atom stereocenters. The van der Waals surface area contributed by atoms with Crippen LogP contribution >= 0.6 is 0 Å². The van der Waals surface area contributed by atoms with Crippen molar-refractivity contribution in [2.75, 3.05) is 11.9 Å². The lowest BCUT2D eigenvalue weighted by atomic mass is 10.2. The van der Waals surface area contributed by atoms with Gasteiger partial charge < -0.3 is 5.32 Å². The van der Waals surface area contributed by atoms with Gasteiger partial charge in [0.05, 0.1) is 11.2 Å². The molecule has 0 bridgehead atoms. The van der Waals surface area contributed by atoms with Gasteiger partial charge in [0.25, 0.3) is 0 Å². The molecule has 0 amide bonds. The Morgan fingerprint density at radius 1 is 1.14 bits per heavy atom. The number of nitrogens with one attached hydrogen (secondary N) is 1. The molecule has 0 saturated carbocycles. The summed E-state index contributed by atoms with van der Waals surface area (Å²) < 4.78 is 2.02. The Kier molecular flexibility index (Phi) is 3.56. The summed E-state index contributed by atoms with van der Waals surface area (Å²) in [7, 11) is 0. The lowest BCUT2D eigenvalue weighted by molar-refractivity contribution is 0.925. The fraction of sp³-hybridized carbons (Fsp3) is 0.312. The molecule has 1 aromatic carbocycles. The molecule has 0 aliphatic carbocycles. The molecule has 3 rings (SSSR count). The number of rotatable bonds is 4. The SMILES string of the molecule is CCCNc1nc(-n2cnc(C)c2C)c2ccccc2n1. The van der Waals surface area contributed by atoms with Crippen LogP contribution in [0, 0.1) is 13.8 Å². The molecule has 5 nitrogen and oxygen atoms in total. The molecular weight excluding hydrogens is 262 g/mol. The van der Waals surface area contributed by atoms with Crippen molar-refractivity contribution < 1.29 is 0 Å². The zero-order chi connectivity index (χ0) is 14.8. The van der Waals surface area contributed by atoms with Gasteiger partial charge in [0.1, 0.15) is 6.33 Å². The minimum absolute atomic E-state index is 0.663. The van der Waals surface area contributed by atoms with E-state index in [0.29, 0.717) is 5.95 Å². The number of aromatic nitrogens is 4. The van der Waals surface area contributed by atoms with Crippen molar-refractivity contribution >= 4 is 16.9 Å². The predicted molar refractivity (Wildman–Crippen MR) is 84.9 cm³/mol. The van der Waals surface area contributed by atoms with Crippen molar-refractivity contribution in [2.24, 2.45) is 0 Å². The predicted octanol–water partition coefficient (Wildman–Crippen LogP) is 3.25. The molecule has 0 saturated heterocycles. The molecule has 1 N–H and O–H groups in total. The Bertz CT molecular complexity index is 775. The first kappa shape index (κ1) is 13.5. The first-order valence-corrected chi connectivity index (χ1v) is 7.22. The van der Waals surface area contributed by atoms with Crippen LogP contribution in [-0.2, 0) is 0 Å². The maximum atomic E-state index is 4.68. The van der Waals surface area contributed by atoms with E-state index >= 15 is 0 Å². The largest absolute Gasteiger partial charge is 0.354 e. The zero-order valence-corrected chi connectivity index (χ0v) is 12.6. The van der Waals surface area contributed by atoms with Gasteiger partial charge in [0.15, 0.2) is 5.82 Å². The molecule has 2 aromatic heterocycles. The first-order chi connectivity index (χ1) is 10.2. The van der Waals surface area contributed by atoms with Crippen molar-refractivity contribution in [3.8, 4) is 5.82 Å². The van der Waals surface area contributed by atoms with Crippen LogP contribution in [0.25, 0.3) is 16.7 Å². The van der Waals surface area contributed by atoms with Crippen LogP contribution in [0.1, 0.15) is 24.7 Å². The molecule has 3 aromatic rings. The van der Waals surface area contributed by atoms with Crippen LogP contribution in [0.3, 0.4) is 0 Å². The van der Waals surface area contributed by atoms with Crippen molar-refractivity contribution in [3.63, 3.8) is 0 Å². The summed E-state index contributed by atoms with van der Waals surface area (Å²) in [4.78, 5) is 13.6. The molecule has 0 radical (unpaired) electrons. The van der Waals surface area contributed by atoms with E-state index in [0.717, 1.165) is 41.1 Å². The maximum Gasteiger partial charge on any atom is 0.225 e. The summed E-state index contributed by atoms with van der Waals surface area (Å²) in [5.41, 5.74) is 3.05. The molecule has 0 spiro atoms. The number of hydrogen-bond donors (Lipinski definition) is 1. The molecule has 0 fully saturated rings. The molecule has 2 heterocycles. The second-order valence-corrected chi connectivity index (χ2v) is 5.10. The summed E-state index contributed by atoms with van der Waals surface area (Å²) in [6.07, 6.45) is 2.86. The van der Waals surface area contributed by atoms with Gasteiger partial charge in [0.2, 0.25) is 5.95 Å². The summed E-state index contributed by atoms with van der Waals surface area (Å²) in [5, 5.41) is 4.29. The number of hydrogen-bond acceptors (Lipinski definition) is 4. The minimum Gasteiger partial charge on any atom is -0.354 e. The van der Waals surface area contributed by atoms with Gasteiger partial charge in [-0.15, -0.1) is 0 Å². The lowest BCUT2D eigenvalue weighted by Crippen LogP contribution is -2.08. The Morgan fingerprint density at radius 2 is 1.95 bits per heavy atom.